The highest BCUT2D eigenvalue weighted by Crippen LogP contribution is 2.41. The van der Waals surface area contributed by atoms with Gasteiger partial charge in [-0.2, -0.15) is 0 Å². The minimum atomic E-state index is -1.11. The summed E-state index contributed by atoms with van der Waals surface area (Å²) in [6.45, 7) is 3.50. The molecule has 2 aliphatic heterocycles. The first-order valence-corrected chi connectivity index (χ1v) is 8.26. The van der Waals surface area contributed by atoms with Gasteiger partial charge in [0.15, 0.2) is 17.3 Å². The fourth-order valence-corrected chi connectivity index (χ4v) is 3.44. The van der Waals surface area contributed by atoms with Crippen molar-refractivity contribution in [3.05, 3.63) is 29.5 Å². The highest BCUT2D eigenvalue weighted by molar-refractivity contribution is 6.18. The first-order chi connectivity index (χ1) is 12.0. The summed E-state index contributed by atoms with van der Waals surface area (Å²) >= 11 is 0. The van der Waals surface area contributed by atoms with E-state index in [1.807, 2.05) is 6.20 Å². The molecule has 0 saturated carbocycles. The topological polar surface area (TPSA) is 79.3 Å². The molecule has 2 heterocycles. The Hall–Kier alpha value is -2.70. The molecule has 1 atom stereocenters. The maximum Gasteiger partial charge on any atom is 0.412 e. The Labute approximate surface area is 146 Å². The van der Waals surface area contributed by atoms with E-state index in [-0.39, 0.29) is 5.78 Å². The van der Waals surface area contributed by atoms with Crippen LogP contribution in [0, 0.1) is 0 Å². The minimum Gasteiger partial charge on any atom is -0.493 e. The number of carbonyl (C=O) groups excluding carboxylic acids is 1. The van der Waals surface area contributed by atoms with Gasteiger partial charge in [-0.3, -0.25) is 9.69 Å². The van der Waals surface area contributed by atoms with Gasteiger partial charge in [0.05, 0.1) is 31.5 Å². The number of benzene rings is 1. The minimum absolute atomic E-state index is 0.173. The molecule has 0 aromatic heterocycles. The zero-order valence-electron chi connectivity index (χ0n) is 14.6. The first-order valence-electron chi connectivity index (χ1n) is 8.26. The standard InChI is InChI=1S/C18H22N2O5/c1-11-13(10-19-6-4-5-7-19)17(21)12-8-15(24-2)16(25-3)9-14(12)20(11)18(22)23/h8-11H,4-7H2,1-3H3,(H,22,23). The molecule has 0 aliphatic carbocycles. The molecule has 1 aromatic carbocycles. The fraction of sp³-hybridized carbons (Fsp3) is 0.444. The van der Waals surface area contributed by atoms with Crippen molar-refractivity contribution in [1.82, 2.24) is 4.90 Å². The third kappa shape index (κ3) is 2.90. The summed E-state index contributed by atoms with van der Waals surface area (Å²) in [5.74, 6) is 0.613. The second-order valence-corrected chi connectivity index (χ2v) is 6.21. The third-order valence-electron chi connectivity index (χ3n) is 4.77. The lowest BCUT2D eigenvalue weighted by atomic mass is 9.90. The van der Waals surface area contributed by atoms with Gasteiger partial charge in [0.25, 0.3) is 0 Å². The molecule has 1 N–H and O–H groups in total. The number of carboxylic acid groups (broad SMARTS) is 1. The van der Waals surface area contributed by atoms with Gasteiger partial charge in [-0.1, -0.05) is 0 Å². The number of ketones is 1. The Balaban J connectivity index is 2.15. The molecule has 134 valence electrons. The van der Waals surface area contributed by atoms with E-state index in [4.69, 9.17) is 9.47 Å². The first kappa shape index (κ1) is 17.1. The van der Waals surface area contributed by atoms with Crippen molar-refractivity contribution >= 4 is 17.6 Å². The van der Waals surface area contributed by atoms with Gasteiger partial charge in [-0.05, 0) is 25.8 Å². The van der Waals surface area contributed by atoms with Crippen LogP contribution < -0.4 is 14.4 Å². The van der Waals surface area contributed by atoms with E-state index >= 15 is 0 Å². The Morgan fingerprint density at radius 1 is 1.20 bits per heavy atom. The summed E-state index contributed by atoms with van der Waals surface area (Å²) in [5.41, 5.74) is 1.11. The lowest BCUT2D eigenvalue weighted by molar-refractivity contribution is 0.102. The Morgan fingerprint density at radius 2 is 1.80 bits per heavy atom. The van der Waals surface area contributed by atoms with Gasteiger partial charge in [0.1, 0.15) is 0 Å². The number of fused-ring (bicyclic) bond motifs is 1. The average Bonchev–Trinajstić information content (AvgIpc) is 3.10. The maximum absolute atomic E-state index is 13.0. The molecule has 1 aromatic rings. The summed E-state index contributed by atoms with van der Waals surface area (Å²) in [6.07, 6.45) is 2.86. The van der Waals surface area contributed by atoms with Crippen LogP contribution in [0.5, 0.6) is 11.5 Å². The number of carbonyl (C=O) groups is 2. The van der Waals surface area contributed by atoms with Crippen molar-refractivity contribution in [3.8, 4) is 11.5 Å². The number of hydrogen-bond donors (Lipinski definition) is 1. The Bertz CT molecular complexity index is 737. The molecule has 1 amide bonds. The zero-order valence-corrected chi connectivity index (χ0v) is 14.6. The van der Waals surface area contributed by atoms with Crippen molar-refractivity contribution in [2.75, 3.05) is 32.2 Å². The quantitative estimate of drug-likeness (QED) is 0.848. The molecule has 0 bridgehead atoms. The molecule has 2 aliphatic rings. The number of methoxy groups -OCH3 is 2. The monoisotopic (exact) mass is 346 g/mol. The smallest absolute Gasteiger partial charge is 0.412 e. The molecule has 7 nitrogen and oxygen atoms in total. The maximum atomic E-state index is 13.0. The number of rotatable bonds is 3. The summed E-state index contributed by atoms with van der Waals surface area (Å²) in [5, 5.41) is 9.71. The van der Waals surface area contributed by atoms with Crippen LogP contribution >= 0.6 is 0 Å². The SMILES string of the molecule is COc1cc2c(cc1OC)N(C(=O)O)C(C)C(=CN1CCCC1)C2=O. The molecule has 1 saturated heterocycles. The van der Waals surface area contributed by atoms with E-state index in [1.165, 1.54) is 19.1 Å². The normalized spacial score (nSPS) is 21.5. The number of hydrogen-bond acceptors (Lipinski definition) is 5. The predicted molar refractivity (Wildman–Crippen MR) is 92.7 cm³/mol. The van der Waals surface area contributed by atoms with Gasteiger partial charge in [0.2, 0.25) is 0 Å². The van der Waals surface area contributed by atoms with E-state index in [0.717, 1.165) is 25.9 Å². The van der Waals surface area contributed by atoms with Crippen LogP contribution in [0.2, 0.25) is 0 Å². The number of ether oxygens (including phenoxy) is 2. The van der Waals surface area contributed by atoms with Crippen molar-refractivity contribution in [1.29, 1.82) is 0 Å². The molecular weight excluding hydrogens is 324 g/mol. The van der Waals surface area contributed by atoms with E-state index in [2.05, 4.69) is 4.90 Å². The molecular formula is C18H22N2O5. The summed E-state index contributed by atoms with van der Waals surface area (Å²) in [4.78, 5) is 28.2. The van der Waals surface area contributed by atoms with E-state index in [9.17, 15) is 14.7 Å². The Morgan fingerprint density at radius 3 is 2.36 bits per heavy atom. The predicted octanol–water partition coefficient (Wildman–Crippen LogP) is 2.75. The number of amides is 1. The number of anilines is 1. The van der Waals surface area contributed by atoms with Crippen LogP contribution in [-0.4, -0.2) is 55.2 Å². The van der Waals surface area contributed by atoms with Gasteiger partial charge < -0.3 is 19.5 Å². The van der Waals surface area contributed by atoms with Gasteiger partial charge >= 0.3 is 6.09 Å². The molecule has 0 spiro atoms. The molecule has 7 heteroatoms. The summed E-state index contributed by atoms with van der Waals surface area (Å²) in [7, 11) is 2.96. The largest absolute Gasteiger partial charge is 0.493 e. The van der Waals surface area contributed by atoms with Crippen LogP contribution in [-0.2, 0) is 0 Å². The van der Waals surface area contributed by atoms with E-state index in [0.29, 0.717) is 28.3 Å². The molecule has 0 radical (unpaired) electrons. The summed E-state index contributed by atoms with van der Waals surface area (Å²) < 4.78 is 10.5. The van der Waals surface area contributed by atoms with Crippen LogP contribution in [0.25, 0.3) is 0 Å². The van der Waals surface area contributed by atoms with Crippen molar-refractivity contribution in [3.63, 3.8) is 0 Å². The van der Waals surface area contributed by atoms with Crippen molar-refractivity contribution in [2.45, 2.75) is 25.8 Å². The molecule has 3 rings (SSSR count). The zero-order chi connectivity index (χ0) is 18.1. The van der Waals surface area contributed by atoms with E-state index in [1.54, 1.807) is 19.1 Å². The lowest BCUT2D eigenvalue weighted by Crippen LogP contribution is -2.45. The number of nitrogens with zero attached hydrogens (tertiary/aromatic N) is 2. The van der Waals surface area contributed by atoms with Gasteiger partial charge in [-0.25, -0.2) is 4.79 Å². The van der Waals surface area contributed by atoms with Gasteiger partial charge in [-0.15, -0.1) is 0 Å². The highest BCUT2D eigenvalue weighted by atomic mass is 16.5. The average molecular weight is 346 g/mol. The highest BCUT2D eigenvalue weighted by Gasteiger charge is 2.38. The fourth-order valence-electron chi connectivity index (χ4n) is 3.44. The van der Waals surface area contributed by atoms with E-state index < -0.39 is 12.1 Å². The molecule has 1 unspecified atom stereocenters. The molecule has 25 heavy (non-hydrogen) atoms. The van der Waals surface area contributed by atoms with Crippen LogP contribution in [0.15, 0.2) is 23.9 Å². The second kappa shape index (κ2) is 6.66. The van der Waals surface area contributed by atoms with Crippen LogP contribution in [0.3, 0.4) is 0 Å². The second-order valence-electron chi connectivity index (χ2n) is 6.21. The Kier molecular flexibility index (Phi) is 4.57. The molecule has 1 fully saturated rings. The summed E-state index contributed by atoms with van der Waals surface area (Å²) in [6, 6.07) is 2.52. The van der Waals surface area contributed by atoms with Crippen molar-refractivity contribution < 1.29 is 24.2 Å². The lowest BCUT2D eigenvalue weighted by Gasteiger charge is -2.35. The third-order valence-corrected chi connectivity index (χ3v) is 4.77. The van der Waals surface area contributed by atoms with Crippen molar-refractivity contribution in [2.24, 2.45) is 0 Å². The van der Waals surface area contributed by atoms with Crippen LogP contribution in [0.4, 0.5) is 10.5 Å². The number of likely N-dealkylation sites (tertiary alicyclic amines) is 1. The number of Topliss-reactive ketones (excluding diaryl/α,β-unsaturated/α-hetero) is 1. The van der Waals surface area contributed by atoms with Gasteiger partial charge in [0, 0.05) is 30.9 Å². The van der Waals surface area contributed by atoms with Crippen LogP contribution in [0.1, 0.15) is 30.1 Å².